The number of hydrazine groups is 1. The third-order valence-electron chi connectivity index (χ3n) is 3.14. The maximum absolute atomic E-state index is 11.7. The first-order chi connectivity index (χ1) is 12.0. The number of carbonyl (C=O) groups excluding carboxylic acids is 2. The van der Waals surface area contributed by atoms with Crippen molar-refractivity contribution >= 4 is 41.1 Å². The normalized spacial score (nSPS) is 10.5. The highest BCUT2D eigenvalue weighted by Gasteiger charge is 2.05. The summed E-state index contributed by atoms with van der Waals surface area (Å²) in [5, 5.41) is 1.15. The van der Waals surface area contributed by atoms with Crippen LogP contribution in [0.5, 0.6) is 5.75 Å². The number of carbonyl (C=O) groups is 2. The number of hydrogen-bond donors (Lipinski definition) is 2. The molecule has 0 saturated heterocycles. The van der Waals surface area contributed by atoms with Crippen molar-refractivity contribution < 1.29 is 14.3 Å². The highest BCUT2D eigenvalue weighted by atomic mass is 35.5. The first-order valence-electron chi connectivity index (χ1n) is 7.36. The van der Waals surface area contributed by atoms with Gasteiger partial charge in [-0.2, -0.15) is 0 Å². The molecule has 0 aromatic heterocycles. The Bertz CT molecular complexity index is 807. The van der Waals surface area contributed by atoms with Crippen LogP contribution in [0.2, 0.25) is 10.0 Å². The average Bonchev–Trinajstić information content (AvgIpc) is 2.60. The summed E-state index contributed by atoms with van der Waals surface area (Å²) in [6, 6.07) is 12.2. The minimum Gasteiger partial charge on any atom is -0.484 e. The number of halogens is 2. The van der Waals surface area contributed by atoms with Crippen LogP contribution in [0.1, 0.15) is 11.1 Å². The lowest BCUT2D eigenvalue weighted by atomic mass is 10.2. The number of amides is 2. The van der Waals surface area contributed by atoms with Crippen molar-refractivity contribution in [3.63, 3.8) is 0 Å². The van der Waals surface area contributed by atoms with Crippen LogP contribution in [0.4, 0.5) is 0 Å². The van der Waals surface area contributed by atoms with E-state index < -0.39 is 11.8 Å². The summed E-state index contributed by atoms with van der Waals surface area (Å²) in [4.78, 5) is 23.4. The van der Waals surface area contributed by atoms with E-state index in [9.17, 15) is 9.59 Å². The summed E-state index contributed by atoms with van der Waals surface area (Å²) in [6.45, 7) is 1.59. The predicted octanol–water partition coefficient (Wildman–Crippen LogP) is 3.54. The number of benzene rings is 2. The second kappa shape index (κ2) is 9.11. The minimum atomic E-state index is -0.493. The Balaban J connectivity index is 1.76. The van der Waals surface area contributed by atoms with E-state index in [-0.39, 0.29) is 6.61 Å². The molecule has 2 aromatic rings. The third-order valence-corrected chi connectivity index (χ3v) is 3.91. The zero-order valence-electron chi connectivity index (χ0n) is 13.4. The Morgan fingerprint density at radius 1 is 1.08 bits per heavy atom. The van der Waals surface area contributed by atoms with Crippen LogP contribution >= 0.6 is 23.2 Å². The molecule has 0 fully saturated rings. The van der Waals surface area contributed by atoms with Gasteiger partial charge in [-0.1, -0.05) is 41.4 Å². The fourth-order valence-electron chi connectivity index (χ4n) is 1.84. The zero-order chi connectivity index (χ0) is 18.2. The van der Waals surface area contributed by atoms with E-state index in [0.29, 0.717) is 21.4 Å². The molecule has 2 N–H and O–H groups in total. The molecule has 0 aliphatic rings. The Kier molecular flexibility index (Phi) is 6.86. The highest BCUT2D eigenvalue weighted by Crippen LogP contribution is 2.20. The average molecular weight is 379 g/mol. The van der Waals surface area contributed by atoms with Gasteiger partial charge in [0.15, 0.2) is 6.61 Å². The Hall–Kier alpha value is -2.50. The molecule has 25 heavy (non-hydrogen) atoms. The molecule has 2 rings (SSSR count). The molecule has 2 amide bonds. The summed E-state index contributed by atoms with van der Waals surface area (Å²) in [7, 11) is 0. The minimum absolute atomic E-state index is 0.240. The van der Waals surface area contributed by atoms with Crippen LogP contribution in [-0.2, 0) is 9.59 Å². The van der Waals surface area contributed by atoms with Crippen molar-refractivity contribution in [1.29, 1.82) is 0 Å². The summed E-state index contributed by atoms with van der Waals surface area (Å²) in [5.74, 6) is -0.468. The van der Waals surface area contributed by atoms with Crippen molar-refractivity contribution in [3.05, 3.63) is 69.7 Å². The largest absolute Gasteiger partial charge is 0.484 e. The lowest BCUT2D eigenvalue weighted by Crippen LogP contribution is -2.43. The van der Waals surface area contributed by atoms with E-state index in [2.05, 4.69) is 10.9 Å². The molecule has 5 nitrogen and oxygen atoms in total. The third kappa shape index (κ3) is 6.14. The second-order valence-electron chi connectivity index (χ2n) is 5.09. The summed E-state index contributed by atoms with van der Waals surface area (Å²) < 4.78 is 5.32. The molecule has 0 radical (unpaired) electrons. The molecule has 0 heterocycles. The number of ether oxygens (including phenoxy) is 1. The quantitative estimate of drug-likeness (QED) is 0.617. The van der Waals surface area contributed by atoms with Gasteiger partial charge >= 0.3 is 0 Å². The van der Waals surface area contributed by atoms with Crippen molar-refractivity contribution in [2.75, 3.05) is 6.61 Å². The molecule has 0 atom stereocenters. The van der Waals surface area contributed by atoms with Crippen LogP contribution in [0.25, 0.3) is 6.08 Å². The molecule has 2 aromatic carbocycles. The van der Waals surface area contributed by atoms with E-state index in [0.717, 1.165) is 5.56 Å². The number of nitrogens with one attached hydrogen (secondary N) is 2. The SMILES string of the molecule is Cc1cc(OCC(=O)NNC(=O)C=Cc2ccccc2Cl)ccc1Cl. The van der Waals surface area contributed by atoms with E-state index in [4.69, 9.17) is 27.9 Å². The number of hydrogen-bond acceptors (Lipinski definition) is 3. The van der Waals surface area contributed by atoms with Crippen molar-refractivity contribution in [1.82, 2.24) is 10.9 Å². The Morgan fingerprint density at radius 3 is 2.56 bits per heavy atom. The lowest BCUT2D eigenvalue weighted by molar-refractivity contribution is -0.128. The summed E-state index contributed by atoms with van der Waals surface area (Å²) >= 11 is 11.9. The maximum Gasteiger partial charge on any atom is 0.276 e. The van der Waals surface area contributed by atoms with Crippen molar-refractivity contribution in [2.45, 2.75) is 6.92 Å². The van der Waals surface area contributed by atoms with Gasteiger partial charge in [-0.15, -0.1) is 0 Å². The van der Waals surface area contributed by atoms with Gasteiger partial charge in [0, 0.05) is 16.1 Å². The standard InChI is InChI=1S/C18H16Cl2N2O3/c1-12-10-14(7-8-15(12)19)25-11-18(24)22-21-17(23)9-6-13-4-2-3-5-16(13)20/h2-10H,11H2,1H3,(H,21,23)(H,22,24). The van der Waals surface area contributed by atoms with Gasteiger partial charge in [-0.3, -0.25) is 20.4 Å². The van der Waals surface area contributed by atoms with Crippen LogP contribution in [0, 0.1) is 6.92 Å². The first kappa shape index (κ1) is 18.8. The van der Waals surface area contributed by atoms with Gasteiger partial charge in [0.2, 0.25) is 0 Å². The van der Waals surface area contributed by atoms with Gasteiger partial charge in [-0.25, -0.2) is 0 Å². The van der Waals surface area contributed by atoms with E-state index in [1.54, 1.807) is 48.5 Å². The summed E-state index contributed by atoms with van der Waals surface area (Å²) in [6.07, 6.45) is 2.82. The molecular weight excluding hydrogens is 363 g/mol. The highest BCUT2D eigenvalue weighted by molar-refractivity contribution is 6.32. The lowest BCUT2D eigenvalue weighted by Gasteiger charge is -2.08. The molecule has 0 spiro atoms. The first-order valence-corrected chi connectivity index (χ1v) is 8.11. The van der Waals surface area contributed by atoms with Gasteiger partial charge < -0.3 is 4.74 Å². The number of rotatable bonds is 5. The molecule has 0 saturated carbocycles. The van der Waals surface area contributed by atoms with Gasteiger partial charge in [0.05, 0.1) is 0 Å². The Morgan fingerprint density at radius 2 is 1.84 bits per heavy atom. The van der Waals surface area contributed by atoms with E-state index in [1.165, 1.54) is 6.08 Å². The van der Waals surface area contributed by atoms with Gasteiger partial charge in [0.1, 0.15) is 5.75 Å². The van der Waals surface area contributed by atoms with Crippen LogP contribution < -0.4 is 15.6 Å². The summed E-state index contributed by atoms with van der Waals surface area (Å²) in [5.41, 5.74) is 6.06. The smallest absolute Gasteiger partial charge is 0.276 e. The molecular formula is C18H16Cl2N2O3. The molecule has 0 unspecified atom stereocenters. The van der Waals surface area contributed by atoms with Crippen molar-refractivity contribution in [2.24, 2.45) is 0 Å². The predicted molar refractivity (Wildman–Crippen MR) is 98.5 cm³/mol. The molecule has 0 aliphatic carbocycles. The topological polar surface area (TPSA) is 67.4 Å². The monoisotopic (exact) mass is 378 g/mol. The fraction of sp³-hybridized carbons (Fsp3) is 0.111. The van der Waals surface area contributed by atoms with E-state index >= 15 is 0 Å². The molecule has 0 aliphatic heterocycles. The van der Waals surface area contributed by atoms with Crippen LogP contribution in [-0.4, -0.2) is 18.4 Å². The zero-order valence-corrected chi connectivity index (χ0v) is 14.9. The maximum atomic E-state index is 11.7. The van der Waals surface area contributed by atoms with Crippen LogP contribution in [0.15, 0.2) is 48.5 Å². The Labute approximate surface area is 155 Å². The fourth-order valence-corrected chi connectivity index (χ4v) is 2.16. The second-order valence-corrected chi connectivity index (χ2v) is 5.91. The van der Waals surface area contributed by atoms with Gasteiger partial charge in [0.25, 0.3) is 11.8 Å². The molecule has 7 heteroatoms. The molecule has 0 bridgehead atoms. The number of aryl methyl sites for hydroxylation is 1. The molecule has 130 valence electrons. The van der Waals surface area contributed by atoms with E-state index in [1.807, 2.05) is 6.92 Å². The van der Waals surface area contributed by atoms with Crippen LogP contribution in [0.3, 0.4) is 0 Å². The van der Waals surface area contributed by atoms with Gasteiger partial charge in [-0.05, 0) is 48.4 Å². The van der Waals surface area contributed by atoms with Crippen molar-refractivity contribution in [3.8, 4) is 5.75 Å².